The van der Waals surface area contributed by atoms with Gasteiger partial charge < -0.3 is 4.74 Å². The molecule has 0 aliphatic rings. The lowest BCUT2D eigenvalue weighted by molar-refractivity contribution is 0.0631. The molecule has 0 unspecified atom stereocenters. The van der Waals surface area contributed by atoms with Crippen LogP contribution in [0.4, 0.5) is 0 Å². The zero-order valence-corrected chi connectivity index (χ0v) is 13.1. The third kappa shape index (κ3) is 3.74. The van der Waals surface area contributed by atoms with E-state index in [2.05, 4.69) is 42.9 Å². The number of rotatable bonds is 6. The molecule has 102 valence electrons. The first-order valence-electron chi connectivity index (χ1n) is 5.79. The molecule has 0 N–H and O–H groups in total. The Morgan fingerprint density at radius 1 is 1.32 bits per heavy atom. The molecule has 0 atom stereocenters. The molecular formula is C11H14BrN5OS. The minimum absolute atomic E-state index is 0.396. The largest absolute Gasteiger partial charge is 0.359 e. The molecule has 2 rings (SSSR count). The Balaban J connectivity index is 2.20. The monoisotopic (exact) mass is 343 g/mol. The molecule has 8 heteroatoms. The van der Waals surface area contributed by atoms with Gasteiger partial charge >= 0.3 is 0 Å². The standard InChI is InChI=1S/C11H14BrN5OS/c1-3-4-18-7-17-11(19-2)15-10(16-17)9-13-5-8(12)6-14-9/h5-6H,3-4,7H2,1-2H3. The van der Waals surface area contributed by atoms with Gasteiger partial charge in [0.1, 0.15) is 6.73 Å². The highest BCUT2D eigenvalue weighted by molar-refractivity contribution is 9.10. The SMILES string of the molecule is CCCOCn1nc(-c2ncc(Br)cn2)nc1SC. The summed E-state index contributed by atoms with van der Waals surface area (Å²) in [5.74, 6) is 1.02. The van der Waals surface area contributed by atoms with Crippen LogP contribution in [0.5, 0.6) is 0 Å². The first-order valence-corrected chi connectivity index (χ1v) is 7.81. The first kappa shape index (κ1) is 14.4. The Kier molecular flexibility index (Phi) is 5.29. The summed E-state index contributed by atoms with van der Waals surface area (Å²) in [5.41, 5.74) is 0. The third-order valence-electron chi connectivity index (χ3n) is 2.20. The number of halogens is 1. The fraction of sp³-hybridized carbons (Fsp3) is 0.455. The van der Waals surface area contributed by atoms with Gasteiger partial charge in [0, 0.05) is 19.0 Å². The van der Waals surface area contributed by atoms with Crippen molar-refractivity contribution in [2.75, 3.05) is 12.9 Å². The van der Waals surface area contributed by atoms with E-state index >= 15 is 0 Å². The van der Waals surface area contributed by atoms with Crippen LogP contribution < -0.4 is 0 Å². The van der Waals surface area contributed by atoms with E-state index in [1.165, 1.54) is 11.8 Å². The molecule has 0 radical (unpaired) electrons. The Hall–Kier alpha value is -0.990. The summed E-state index contributed by atoms with van der Waals surface area (Å²) in [6.07, 6.45) is 6.28. The minimum Gasteiger partial charge on any atom is -0.359 e. The van der Waals surface area contributed by atoms with E-state index in [0.29, 0.717) is 25.0 Å². The van der Waals surface area contributed by atoms with Crippen LogP contribution in [0.25, 0.3) is 11.6 Å². The molecule has 0 spiro atoms. The van der Waals surface area contributed by atoms with Crippen LogP contribution in [-0.2, 0) is 11.5 Å². The molecule has 6 nitrogen and oxygen atoms in total. The Morgan fingerprint density at radius 2 is 2.05 bits per heavy atom. The number of thioether (sulfide) groups is 1. The topological polar surface area (TPSA) is 65.7 Å². The van der Waals surface area contributed by atoms with Gasteiger partial charge in [-0.3, -0.25) is 0 Å². The predicted octanol–water partition coefficient (Wildman–Crippen LogP) is 2.60. The molecule has 0 amide bonds. The highest BCUT2D eigenvalue weighted by Gasteiger charge is 2.12. The van der Waals surface area contributed by atoms with Crippen molar-refractivity contribution in [3.8, 4) is 11.6 Å². The van der Waals surface area contributed by atoms with Crippen molar-refractivity contribution in [3.63, 3.8) is 0 Å². The smallest absolute Gasteiger partial charge is 0.220 e. The Bertz CT molecular complexity index is 530. The molecule has 2 heterocycles. The molecule has 0 aliphatic carbocycles. The van der Waals surface area contributed by atoms with Gasteiger partial charge in [0.15, 0.2) is 11.0 Å². The highest BCUT2D eigenvalue weighted by Crippen LogP contribution is 2.18. The van der Waals surface area contributed by atoms with Gasteiger partial charge in [-0.1, -0.05) is 18.7 Å². The van der Waals surface area contributed by atoms with Crippen molar-refractivity contribution in [1.82, 2.24) is 24.7 Å². The van der Waals surface area contributed by atoms with E-state index in [4.69, 9.17) is 4.74 Å². The predicted molar refractivity (Wildman–Crippen MR) is 76.8 cm³/mol. The second-order valence-electron chi connectivity index (χ2n) is 3.68. The molecule has 0 bridgehead atoms. The maximum atomic E-state index is 5.48. The number of hydrogen-bond donors (Lipinski definition) is 0. The zero-order valence-electron chi connectivity index (χ0n) is 10.7. The van der Waals surface area contributed by atoms with Crippen LogP contribution >= 0.6 is 27.7 Å². The zero-order chi connectivity index (χ0) is 13.7. The van der Waals surface area contributed by atoms with E-state index in [9.17, 15) is 0 Å². The Morgan fingerprint density at radius 3 is 2.68 bits per heavy atom. The van der Waals surface area contributed by atoms with Crippen molar-refractivity contribution in [3.05, 3.63) is 16.9 Å². The summed E-state index contributed by atoms with van der Waals surface area (Å²) < 4.78 is 8.03. The van der Waals surface area contributed by atoms with Gasteiger partial charge in [0.05, 0.1) is 4.47 Å². The van der Waals surface area contributed by atoms with Crippen molar-refractivity contribution in [2.24, 2.45) is 0 Å². The maximum Gasteiger partial charge on any atom is 0.220 e. The lowest BCUT2D eigenvalue weighted by Crippen LogP contribution is -2.06. The summed E-state index contributed by atoms with van der Waals surface area (Å²) in [7, 11) is 0. The number of aromatic nitrogens is 5. The van der Waals surface area contributed by atoms with Gasteiger partial charge in [-0.05, 0) is 28.6 Å². The van der Waals surface area contributed by atoms with Gasteiger partial charge in [-0.25, -0.2) is 14.6 Å². The maximum absolute atomic E-state index is 5.48. The minimum atomic E-state index is 0.396. The Labute approximate surface area is 124 Å². The fourth-order valence-corrected chi connectivity index (χ4v) is 2.07. The molecule has 0 aromatic carbocycles. The average molecular weight is 344 g/mol. The number of nitrogens with zero attached hydrogens (tertiary/aromatic N) is 5. The summed E-state index contributed by atoms with van der Waals surface area (Å²) in [6.45, 7) is 3.17. The lowest BCUT2D eigenvalue weighted by atomic mass is 10.5. The molecule has 2 aromatic rings. The van der Waals surface area contributed by atoms with Crippen molar-refractivity contribution >= 4 is 27.7 Å². The normalized spacial score (nSPS) is 10.9. The van der Waals surface area contributed by atoms with Crippen LogP contribution in [0.3, 0.4) is 0 Å². The van der Waals surface area contributed by atoms with E-state index in [-0.39, 0.29) is 0 Å². The highest BCUT2D eigenvalue weighted by atomic mass is 79.9. The van der Waals surface area contributed by atoms with Crippen LogP contribution in [-0.4, -0.2) is 37.6 Å². The van der Waals surface area contributed by atoms with Crippen LogP contribution in [0.1, 0.15) is 13.3 Å². The molecule has 19 heavy (non-hydrogen) atoms. The van der Waals surface area contributed by atoms with E-state index in [0.717, 1.165) is 16.0 Å². The summed E-state index contributed by atoms with van der Waals surface area (Å²) in [6, 6.07) is 0. The summed E-state index contributed by atoms with van der Waals surface area (Å²) in [4.78, 5) is 12.8. The van der Waals surface area contributed by atoms with Crippen LogP contribution in [0.2, 0.25) is 0 Å². The number of hydrogen-bond acceptors (Lipinski definition) is 6. The number of ether oxygens (including phenoxy) is 1. The molecule has 0 fully saturated rings. The van der Waals surface area contributed by atoms with E-state index in [1.807, 2.05) is 6.26 Å². The molecular weight excluding hydrogens is 330 g/mol. The first-order chi connectivity index (χ1) is 9.24. The van der Waals surface area contributed by atoms with Crippen LogP contribution in [0.15, 0.2) is 22.0 Å². The van der Waals surface area contributed by atoms with Crippen LogP contribution in [0, 0.1) is 0 Å². The van der Waals surface area contributed by atoms with E-state index in [1.54, 1.807) is 17.1 Å². The molecule has 0 aliphatic heterocycles. The summed E-state index contributed by atoms with van der Waals surface area (Å²) >= 11 is 4.81. The van der Waals surface area contributed by atoms with Gasteiger partial charge in [0.25, 0.3) is 0 Å². The van der Waals surface area contributed by atoms with Gasteiger partial charge in [-0.2, -0.15) is 4.98 Å². The summed E-state index contributed by atoms with van der Waals surface area (Å²) in [5, 5.41) is 5.16. The fourth-order valence-electron chi connectivity index (χ4n) is 1.38. The molecule has 0 saturated carbocycles. The van der Waals surface area contributed by atoms with Gasteiger partial charge in [0.2, 0.25) is 5.82 Å². The average Bonchev–Trinajstić information content (AvgIpc) is 2.83. The quantitative estimate of drug-likeness (QED) is 0.593. The van der Waals surface area contributed by atoms with Gasteiger partial charge in [-0.15, -0.1) is 5.10 Å². The van der Waals surface area contributed by atoms with Crippen molar-refractivity contribution in [2.45, 2.75) is 25.2 Å². The van der Waals surface area contributed by atoms with E-state index < -0.39 is 0 Å². The second-order valence-corrected chi connectivity index (χ2v) is 5.37. The molecule has 0 saturated heterocycles. The van der Waals surface area contributed by atoms with Crippen molar-refractivity contribution in [1.29, 1.82) is 0 Å². The van der Waals surface area contributed by atoms with Crippen molar-refractivity contribution < 1.29 is 4.74 Å². The second kappa shape index (κ2) is 6.97. The molecule has 2 aromatic heterocycles. The lowest BCUT2D eigenvalue weighted by Gasteiger charge is -2.03. The third-order valence-corrected chi connectivity index (χ3v) is 3.28.